The number of hydrogen-bond donors (Lipinski definition) is 2. The zero-order valence-corrected chi connectivity index (χ0v) is 12.5. The molecule has 0 unspecified atom stereocenters. The van der Waals surface area contributed by atoms with Crippen molar-refractivity contribution in [1.82, 2.24) is 15.5 Å². The van der Waals surface area contributed by atoms with Crippen molar-refractivity contribution in [3.63, 3.8) is 0 Å². The molecule has 3 rings (SSSR count). The molecule has 116 valence electrons. The molecule has 7 heteroatoms. The fraction of sp³-hybridized carbons (Fsp3) is 0.786. The number of carboxylic acid groups (broad SMARTS) is 1. The summed E-state index contributed by atoms with van der Waals surface area (Å²) in [5.41, 5.74) is 0.115. The topological polar surface area (TPSA) is 91.5 Å². The second-order valence-electron chi connectivity index (χ2n) is 6.55. The first-order valence-electron chi connectivity index (χ1n) is 7.54. The lowest BCUT2D eigenvalue weighted by Crippen LogP contribution is -2.41. The van der Waals surface area contributed by atoms with Gasteiger partial charge in [-0.2, -0.15) is 4.98 Å². The molecule has 1 atom stereocenters. The van der Waals surface area contributed by atoms with Crippen molar-refractivity contribution in [2.45, 2.75) is 45.1 Å². The molecule has 0 aliphatic carbocycles. The van der Waals surface area contributed by atoms with Crippen LogP contribution < -0.4 is 10.2 Å². The van der Waals surface area contributed by atoms with Gasteiger partial charge in [0.15, 0.2) is 0 Å². The molecule has 0 aromatic carbocycles. The van der Waals surface area contributed by atoms with Gasteiger partial charge >= 0.3 is 5.97 Å². The quantitative estimate of drug-likeness (QED) is 0.866. The fourth-order valence-electron chi connectivity index (χ4n) is 3.24. The Morgan fingerprint density at radius 3 is 2.71 bits per heavy atom. The Balaban J connectivity index is 1.61. The molecule has 0 amide bonds. The number of carboxylic acids is 1. The van der Waals surface area contributed by atoms with Gasteiger partial charge in [-0.3, -0.25) is 4.79 Å². The monoisotopic (exact) mass is 294 g/mol. The van der Waals surface area contributed by atoms with E-state index in [0.29, 0.717) is 11.8 Å². The van der Waals surface area contributed by atoms with Crippen LogP contribution in [-0.2, 0) is 4.79 Å². The highest BCUT2D eigenvalue weighted by molar-refractivity contribution is 5.74. The van der Waals surface area contributed by atoms with E-state index >= 15 is 0 Å². The predicted molar refractivity (Wildman–Crippen MR) is 76.3 cm³/mol. The summed E-state index contributed by atoms with van der Waals surface area (Å²) in [5.74, 6) is 0.819. The molecule has 2 saturated heterocycles. The van der Waals surface area contributed by atoms with Gasteiger partial charge in [-0.25, -0.2) is 0 Å². The van der Waals surface area contributed by atoms with Crippen molar-refractivity contribution in [2.24, 2.45) is 5.41 Å². The lowest BCUT2D eigenvalue weighted by molar-refractivity contribution is -0.139. The maximum absolute atomic E-state index is 11.1. The number of nitrogens with zero attached hydrogens (tertiary/aromatic N) is 3. The number of hydrogen-bond acceptors (Lipinski definition) is 6. The lowest BCUT2D eigenvalue weighted by atomic mass is 9.76. The molecule has 2 aliphatic heterocycles. The van der Waals surface area contributed by atoms with Crippen LogP contribution >= 0.6 is 0 Å². The molecule has 0 bridgehead atoms. The standard InChI is InChI=1S/C14H22N4O3/c1-9(2)11-16-13(17-21-11)18-5-3-14(4-6-18)7-10(12(19)20)15-8-14/h9-10,15H,3-8H2,1-2H3,(H,19,20)/t10-/m0/s1. The van der Waals surface area contributed by atoms with E-state index in [1.165, 1.54) is 0 Å². The van der Waals surface area contributed by atoms with E-state index in [2.05, 4.69) is 20.4 Å². The maximum atomic E-state index is 11.1. The van der Waals surface area contributed by atoms with Gasteiger partial charge in [-0.05, 0) is 29.8 Å². The third kappa shape index (κ3) is 2.74. The van der Waals surface area contributed by atoms with Gasteiger partial charge < -0.3 is 19.8 Å². The molecule has 7 nitrogen and oxygen atoms in total. The van der Waals surface area contributed by atoms with Crippen LogP contribution in [0.15, 0.2) is 4.52 Å². The Hall–Kier alpha value is -1.63. The minimum atomic E-state index is -0.742. The zero-order chi connectivity index (χ0) is 15.0. The van der Waals surface area contributed by atoms with E-state index in [4.69, 9.17) is 9.63 Å². The van der Waals surface area contributed by atoms with Crippen LogP contribution in [0.25, 0.3) is 0 Å². The molecule has 2 N–H and O–H groups in total. The summed E-state index contributed by atoms with van der Waals surface area (Å²) in [7, 11) is 0. The lowest BCUT2D eigenvalue weighted by Gasteiger charge is -2.38. The first kappa shape index (κ1) is 14.3. The smallest absolute Gasteiger partial charge is 0.320 e. The van der Waals surface area contributed by atoms with Crippen molar-refractivity contribution in [3.8, 4) is 0 Å². The van der Waals surface area contributed by atoms with Crippen LogP contribution in [-0.4, -0.2) is 46.9 Å². The summed E-state index contributed by atoms with van der Waals surface area (Å²) in [6.07, 6.45) is 2.66. The van der Waals surface area contributed by atoms with E-state index in [9.17, 15) is 4.79 Å². The van der Waals surface area contributed by atoms with Crippen LogP contribution in [0, 0.1) is 5.41 Å². The van der Waals surface area contributed by atoms with Gasteiger partial charge in [0.25, 0.3) is 5.95 Å². The number of carbonyl (C=O) groups is 1. The summed E-state index contributed by atoms with van der Waals surface area (Å²) < 4.78 is 5.25. The number of anilines is 1. The van der Waals surface area contributed by atoms with Crippen molar-refractivity contribution >= 4 is 11.9 Å². The minimum Gasteiger partial charge on any atom is -0.480 e. The summed E-state index contributed by atoms with van der Waals surface area (Å²) in [6.45, 7) is 6.55. The number of piperidine rings is 1. The van der Waals surface area contributed by atoms with Crippen LogP contribution in [0.3, 0.4) is 0 Å². The van der Waals surface area contributed by atoms with Crippen molar-refractivity contribution in [1.29, 1.82) is 0 Å². The summed E-state index contributed by atoms with van der Waals surface area (Å²) in [6, 6.07) is -0.394. The first-order valence-corrected chi connectivity index (χ1v) is 7.54. The predicted octanol–water partition coefficient (Wildman–Crippen LogP) is 1.23. The molecule has 1 aromatic heterocycles. The largest absolute Gasteiger partial charge is 0.480 e. The average molecular weight is 294 g/mol. The highest BCUT2D eigenvalue weighted by atomic mass is 16.5. The van der Waals surface area contributed by atoms with Crippen LogP contribution in [0.5, 0.6) is 0 Å². The summed E-state index contributed by atoms with van der Waals surface area (Å²) in [5, 5.41) is 16.3. The Kier molecular flexibility index (Phi) is 3.61. The van der Waals surface area contributed by atoms with Gasteiger partial charge in [-0.15, -0.1) is 0 Å². The molecular weight excluding hydrogens is 272 g/mol. The van der Waals surface area contributed by atoms with Gasteiger partial charge in [-0.1, -0.05) is 13.8 Å². The second-order valence-corrected chi connectivity index (χ2v) is 6.55. The number of rotatable bonds is 3. The SMILES string of the molecule is CC(C)c1nc(N2CCC3(CC2)CN[C@H](C(=O)O)C3)no1. The molecule has 1 spiro atoms. The van der Waals surface area contributed by atoms with Crippen molar-refractivity contribution < 1.29 is 14.4 Å². The van der Waals surface area contributed by atoms with Crippen LogP contribution in [0.2, 0.25) is 0 Å². The van der Waals surface area contributed by atoms with E-state index in [-0.39, 0.29) is 11.3 Å². The number of aromatic nitrogens is 2. The van der Waals surface area contributed by atoms with Crippen molar-refractivity contribution in [3.05, 3.63) is 5.89 Å². The first-order chi connectivity index (χ1) is 9.99. The molecule has 1 aromatic rings. The Morgan fingerprint density at radius 2 is 2.19 bits per heavy atom. The molecular formula is C14H22N4O3. The zero-order valence-electron chi connectivity index (χ0n) is 12.5. The van der Waals surface area contributed by atoms with E-state index < -0.39 is 12.0 Å². The summed E-state index contributed by atoms with van der Waals surface area (Å²) >= 11 is 0. The average Bonchev–Trinajstić information content (AvgIpc) is 3.07. The Bertz CT molecular complexity index is 520. The van der Waals surface area contributed by atoms with Crippen LogP contribution in [0.4, 0.5) is 5.95 Å². The van der Waals surface area contributed by atoms with Gasteiger partial charge in [0.2, 0.25) is 5.89 Å². The normalized spacial score (nSPS) is 24.9. The minimum absolute atomic E-state index is 0.115. The molecule has 3 heterocycles. The van der Waals surface area contributed by atoms with Gasteiger partial charge in [0.05, 0.1) is 0 Å². The second kappa shape index (κ2) is 5.29. The molecule has 0 radical (unpaired) electrons. The third-order valence-corrected chi connectivity index (χ3v) is 4.69. The molecule has 2 fully saturated rings. The highest BCUT2D eigenvalue weighted by Gasteiger charge is 2.44. The third-order valence-electron chi connectivity index (χ3n) is 4.69. The Labute approximate surface area is 123 Å². The number of aliphatic carboxylic acids is 1. The van der Waals surface area contributed by atoms with E-state index in [1.807, 2.05) is 13.8 Å². The van der Waals surface area contributed by atoms with Gasteiger partial charge in [0, 0.05) is 25.6 Å². The van der Waals surface area contributed by atoms with E-state index in [0.717, 1.165) is 38.9 Å². The van der Waals surface area contributed by atoms with Crippen LogP contribution in [0.1, 0.15) is 44.9 Å². The molecule has 2 aliphatic rings. The molecule has 0 saturated carbocycles. The highest BCUT2D eigenvalue weighted by Crippen LogP contribution is 2.40. The molecule has 21 heavy (non-hydrogen) atoms. The summed E-state index contributed by atoms with van der Waals surface area (Å²) in [4.78, 5) is 17.6. The van der Waals surface area contributed by atoms with E-state index in [1.54, 1.807) is 0 Å². The maximum Gasteiger partial charge on any atom is 0.320 e. The number of nitrogens with one attached hydrogen (secondary N) is 1. The van der Waals surface area contributed by atoms with Crippen molar-refractivity contribution in [2.75, 3.05) is 24.5 Å². The Morgan fingerprint density at radius 1 is 1.48 bits per heavy atom. The fourth-order valence-corrected chi connectivity index (χ4v) is 3.24. The van der Waals surface area contributed by atoms with Gasteiger partial charge in [0.1, 0.15) is 6.04 Å².